The first-order valence-electron chi connectivity index (χ1n) is 19.7. The molecule has 0 spiro atoms. The molecule has 0 saturated carbocycles. The van der Waals surface area contributed by atoms with Gasteiger partial charge in [-0.2, -0.15) is 0 Å². The van der Waals surface area contributed by atoms with Gasteiger partial charge in [0.05, 0.1) is 25.5 Å². The largest absolute Gasteiger partial charge is 0.477 e. The van der Waals surface area contributed by atoms with Gasteiger partial charge in [-0.25, -0.2) is 19.2 Å². The van der Waals surface area contributed by atoms with Crippen molar-refractivity contribution < 1.29 is 43.3 Å². The quantitative estimate of drug-likeness (QED) is 0.0404. The smallest absolute Gasteiger partial charge is 0.354 e. The topological polar surface area (TPSA) is 196 Å². The molecule has 13 nitrogen and oxygen atoms in total. The molecule has 0 aliphatic rings. The number of carboxylic acid groups (broad SMARTS) is 1. The van der Waals surface area contributed by atoms with Crippen LogP contribution in [0.4, 0.5) is 0 Å². The van der Waals surface area contributed by atoms with E-state index in [2.05, 4.69) is 32.1 Å². The first-order valence-corrected chi connectivity index (χ1v) is 19.7. The lowest BCUT2D eigenvalue weighted by Gasteiger charge is -2.00. The van der Waals surface area contributed by atoms with Gasteiger partial charge in [-0.05, 0) is 86.0 Å². The summed E-state index contributed by atoms with van der Waals surface area (Å²) in [6.45, 7) is 6.43. The van der Waals surface area contributed by atoms with Crippen molar-refractivity contribution in [2.24, 2.45) is 0 Å². The number of carbonyl (C=O) groups is 5. The number of carboxylic acids is 1. The minimum atomic E-state index is -0.922. The van der Waals surface area contributed by atoms with E-state index >= 15 is 0 Å². The van der Waals surface area contributed by atoms with Crippen LogP contribution in [0.15, 0.2) is 146 Å². The molecule has 0 aliphatic carbocycles. The molecule has 0 aliphatic heterocycles. The highest BCUT2D eigenvalue weighted by atomic mass is 16.5. The molecular formula is C48H50N4O9. The number of aromatic amines is 4. The number of benzene rings is 3. The van der Waals surface area contributed by atoms with E-state index in [1.165, 1.54) is 5.56 Å². The van der Waals surface area contributed by atoms with Crippen LogP contribution in [-0.4, -0.2) is 74.5 Å². The second-order valence-electron chi connectivity index (χ2n) is 13.0. The van der Waals surface area contributed by atoms with Crippen LogP contribution in [0.1, 0.15) is 101 Å². The standard InChI is InChI=1S/C15H15NO3.C14H15NO2.C12H11NO2.C7H9NO2/c1-2-19-15(18)13-9-8-12(16-13)14(17)10-11-6-4-3-5-7-11;1-2-17-14(16)13-9-8-12(15-13)10-11-6-4-3-5-7-11;14-12(15)11-7-6-10(13-11)8-9-4-2-1-3-5-9;1-2-10-7(9)6-4-3-5-8-6/h3-9,16H,2,10H2,1H3;3-9,15H,2,10H2,1H3;1-7,13H,8H2,(H,14,15);3-5,8H,2H2,1H3. The van der Waals surface area contributed by atoms with Crippen molar-refractivity contribution in [1.82, 2.24) is 19.9 Å². The van der Waals surface area contributed by atoms with Gasteiger partial charge in [0.1, 0.15) is 22.8 Å². The van der Waals surface area contributed by atoms with Gasteiger partial charge in [-0.1, -0.05) is 91.0 Å². The predicted molar refractivity (Wildman–Crippen MR) is 231 cm³/mol. The Hall–Kier alpha value is -7.67. The molecule has 0 saturated heterocycles. The van der Waals surface area contributed by atoms with E-state index in [1.54, 1.807) is 69.4 Å². The van der Waals surface area contributed by atoms with Crippen LogP contribution in [0.3, 0.4) is 0 Å². The zero-order valence-electron chi connectivity index (χ0n) is 34.3. The van der Waals surface area contributed by atoms with E-state index < -0.39 is 11.9 Å². The number of aromatic nitrogens is 4. The minimum absolute atomic E-state index is 0.0539. The van der Waals surface area contributed by atoms with Crippen molar-refractivity contribution in [3.05, 3.63) is 202 Å². The molecule has 7 rings (SSSR count). The van der Waals surface area contributed by atoms with E-state index in [0.717, 1.165) is 35.4 Å². The number of aromatic carboxylic acids is 1. The Morgan fingerprint density at radius 1 is 0.443 bits per heavy atom. The fraction of sp³-hybridized carbons (Fsp3) is 0.188. The molecule has 4 aromatic heterocycles. The Labute approximate surface area is 354 Å². The molecule has 0 bridgehead atoms. The number of ether oxygens (including phenoxy) is 3. The van der Waals surface area contributed by atoms with Crippen LogP contribution in [0.5, 0.6) is 0 Å². The lowest BCUT2D eigenvalue weighted by atomic mass is 10.1. The number of rotatable bonds is 14. The van der Waals surface area contributed by atoms with Gasteiger partial charge in [0, 0.05) is 36.8 Å². The SMILES string of the molecule is CCOC(=O)c1ccc(C(=O)Cc2ccccc2)[nH]1.CCOC(=O)c1ccc(Cc2ccccc2)[nH]1.CCOC(=O)c1ccc[nH]1.O=C(O)c1ccc(Cc2ccccc2)[nH]1. The first-order chi connectivity index (χ1) is 29.6. The van der Waals surface area contributed by atoms with Crippen LogP contribution in [0, 0.1) is 0 Å². The molecule has 7 aromatic rings. The maximum atomic E-state index is 12.0. The summed E-state index contributed by atoms with van der Waals surface area (Å²) in [5.74, 6) is -2.02. The van der Waals surface area contributed by atoms with Gasteiger partial charge in [0.25, 0.3) is 0 Å². The third-order valence-corrected chi connectivity index (χ3v) is 8.48. The van der Waals surface area contributed by atoms with Crippen molar-refractivity contribution in [2.75, 3.05) is 19.8 Å². The number of hydrogen-bond acceptors (Lipinski definition) is 8. The van der Waals surface area contributed by atoms with E-state index in [9.17, 15) is 24.0 Å². The van der Waals surface area contributed by atoms with Crippen LogP contribution in [0.2, 0.25) is 0 Å². The van der Waals surface area contributed by atoms with Crippen molar-refractivity contribution in [3.63, 3.8) is 0 Å². The molecule has 316 valence electrons. The van der Waals surface area contributed by atoms with Gasteiger partial charge in [0.2, 0.25) is 0 Å². The van der Waals surface area contributed by atoms with Crippen molar-refractivity contribution >= 4 is 29.7 Å². The maximum Gasteiger partial charge on any atom is 0.354 e. The lowest BCUT2D eigenvalue weighted by Crippen LogP contribution is -2.07. The van der Waals surface area contributed by atoms with Gasteiger partial charge in [0.15, 0.2) is 5.78 Å². The van der Waals surface area contributed by atoms with E-state index in [0.29, 0.717) is 49.0 Å². The second-order valence-corrected chi connectivity index (χ2v) is 13.0. The normalized spacial score (nSPS) is 10.0. The highest BCUT2D eigenvalue weighted by Gasteiger charge is 2.14. The third-order valence-electron chi connectivity index (χ3n) is 8.48. The Morgan fingerprint density at radius 2 is 0.852 bits per heavy atom. The fourth-order valence-electron chi connectivity index (χ4n) is 5.60. The van der Waals surface area contributed by atoms with Crippen LogP contribution in [0.25, 0.3) is 0 Å². The van der Waals surface area contributed by atoms with Crippen molar-refractivity contribution in [3.8, 4) is 0 Å². The van der Waals surface area contributed by atoms with Crippen molar-refractivity contribution in [1.29, 1.82) is 0 Å². The highest BCUT2D eigenvalue weighted by molar-refractivity contribution is 5.98. The molecule has 0 radical (unpaired) electrons. The molecule has 0 amide bonds. The summed E-state index contributed by atoms with van der Waals surface area (Å²) in [7, 11) is 0. The maximum absolute atomic E-state index is 12.0. The average molecular weight is 827 g/mol. The molecule has 61 heavy (non-hydrogen) atoms. The summed E-state index contributed by atoms with van der Waals surface area (Å²) in [5, 5.41) is 8.73. The number of ketones is 1. The van der Waals surface area contributed by atoms with E-state index in [1.807, 2.05) is 84.9 Å². The molecule has 0 atom stereocenters. The zero-order chi connectivity index (χ0) is 43.8. The molecule has 13 heteroatoms. The molecule has 3 aromatic carbocycles. The molecular weight excluding hydrogens is 777 g/mol. The summed E-state index contributed by atoms with van der Waals surface area (Å²) in [4.78, 5) is 67.9. The lowest BCUT2D eigenvalue weighted by molar-refractivity contribution is 0.0510. The average Bonchev–Trinajstić information content (AvgIpc) is 4.12. The number of Topliss-reactive ketones (excluding diaryl/α,β-unsaturated/α-hetero) is 1. The Morgan fingerprint density at radius 3 is 1.30 bits per heavy atom. The van der Waals surface area contributed by atoms with Gasteiger partial charge in [-0.3, -0.25) is 4.79 Å². The third kappa shape index (κ3) is 15.9. The summed E-state index contributed by atoms with van der Waals surface area (Å²) in [6, 6.07) is 43.2. The minimum Gasteiger partial charge on any atom is -0.477 e. The molecule has 5 N–H and O–H groups in total. The number of esters is 3. The number of H-pyrrole nitrogens is 4. The van der Waals surface area contributed by atoms with Crippen LogP contribution >= 0.6 is 0 Å². The summed E-state index contributed by atoms with van der Waals surface area (Å²) in [6.07, 6.45) is 3.52. The summed E-state index contributed by atoms with van der Waals surface area (Å²) in [5.41, 5.74) is 7.23. The Kier molecular flexibility index (Phi) is 18.8. The first kappa shape index (κ1) is 46.0. The highest BCUT2D eigenvalue weighted by Crippen LogP contribution is 2.12. The number of nitrogens with one attached hydrogen (secondary N) is 4. The number of carbonyl (C=O) groups excluding carboxylic acids is 4. The molecule has 0 fully saturated rings. The fourth-order valence-corrected chi connectivity index (χ4v) is 5.60. The van der Waals surface area contributed by atoms with Gasteiger partial charge >= 0.3 is 23.9 Å². The van der Waals surface area contributed by atoms with Gasteiger partial charge in [-0.15, -0.1) is 0 Å². The predicted octanol–water partition coefficient (Wildman–Crippen LogP) is 8.89. The Bertz CT molecular complexity index is 2380. The Balaban J connectivity index is 0.000000183. The zero-order valence-corrected chi connectivity index (χ0v) is 34.3. The van der Waals surface area contributed by atoms with Gasteiger partial charge < -0.3 is 39.3 Å². The van der Waals surface area contributed by atoms with E-state index in [4.69, 9.17) is 19.3 Å². The van der Waals surface area contributed by atoms with Crippen LogP contribution < -0.4 is 0 Å². The molecule has 0 unspecified atom stereocenters. The molecule has 4 heterocycles. The second kappa shape index (κ2) is 25.0. The summed E-state index contributed by atoms with van der Waals surface area (Å²) >= 11 is 0. The van der Waals surface area contributed by atoms with Crippen LogP contribution in [-0.2, 0) is 33.5 Å². The van der Waals surface area contributed by atoms with E-state index in [-0.39, 0.29) is 23.4 Å². The number of hydrogen-bond donors (Lipinski definition) is 5. The van der Waals surface area contributed by atoms with Crippen molar-refractivity contribution in [2.45, 2.75) is 40.0 Å². The monoisotopic (exact) mass is 826 g/mol. The summed E-state index contributed by atoms with van der Waals surface area (Å²) < 4.78 is 14.5.